The number of nitriles is 1. The number of aromatic nitrogens is 4. The summed E-state index contributed by atoms with van der Waals surface area (Å²) in [4.78, 5) is 38.7. The van der Waals surface area contributed by atoms with Crippen LogP contribution in [0.1, 0.15) is 43.2 Å². The van der Waals surface area contributed by atoms with E-state index >= 15 is 0 Å². The van der Waals surface area contributed by atoms with E-state index in [4.69, 9.17) is 33.5 Å². The number of esters is 2. The lowest BCUT2D eigenvalue weighted by molar-refractivity contribution is -0.165. The van der Waals surface area contributed by atoms with Crippen molar-refractivity contribution >= 4 is 37.3 Å². The molecular weight excluding hydrogens is 671 g/mol. The zero-order valence-electron chi connectivity index (χ0n) is 28.3. The topological polar surface area (TPSA) is 160 Å². The van der Waals surface area contributed by atoms with Crippen molar-refractivity contribution < 1.29 is 32.8 Å². The Bertz CT molecular complexity index is 1880. The van der Waals surface area contributed by atoms with Crippen LogP contribution in [0.5, 0.6) is 0 Å². The van der Waals surface area contributed by atoms with Crippen molar-refractivity contribution in [3.8, 4) is 6.07 Å². The van der Waals surface area contributed by atoms with Crippen LogP contribution < -0.4 is 5.32 Å². The highest BCUT2D eigenvalue weighted by Gasteiger charge is 2.51. The Kier molecular flexibility index (Phi) is 11.3. The van der Waals surface area contributed by atoms with Gasteiger partial charge in [-0.15, -0.1) is 0 Å². The molecule has 6 rings (SSSR count). The number of imidazole rings is 1. The van der Waals surface area contributed by atoms with E-state index < -0.39 is 50.4 Å². The molecule has 0 saturated carbocycles. The van der Waals surface area contributed by atoms with Gasteiger partial charge in [-0.25, -0.2) is 15.0 Å². The van der Waals surface area contributed by atoms with Crippen molar-refractivity contribution in [1.82, 2.24) is 19.5 Å². The first-order valence-electron chi connectivity index (χ1n) is 16.3. The van der Waals surface area contributed by atoms with Crippen LogP contribution in [0.4, 0.5) is 5.82 Å². The van der Waals surface area contributed by atoms with Gasteiger partial charge in [-0.2, -0.15) is 5.26 Å². The summed E-state index contributed by atoms with van der Waals surface area (Å²) in [6.07, 6.45) is -0.737. The van der Waals surface area contributed by atoms with E-state index in [1.807, 2.05) is 60.7 Å². The van der Waals surface area contributed by atoms with Gasteiger partial charge in [0.25, 0.3) is 0 Å². The Hall–Kier alpha value is -5.25. The van der Waals surface area contributed by atoms with E-state index in [0.29, 0.717) is 17.0 Å². The standard InChI is InChI=1S/C37H37N6O7P/c1-25(44)48-32-30(22-47-51(3)46-21-13-20-38)50-36(33(32)49-26(2)45)43-24-41-31-34(39-23-40-35(31)43)42-37(27-14-7-4-8-15-27,28-16-9-5-10-17-28)29-18-11-6-12-19-29/h4-12,14-19,23-24,30,32-33,36H,13,21-22H2,1-3H3,(H,39,40,42)/t30-,32?,33+,36-,51?/m1/s1. The van der Waals surface area contributed by atoms with Gasteiger partial charge >= 0.3 is 11.9 Å². The monoisotopic (exact) mass is 708 g/mol. The molecule has 2 aromatic heterocycles. The molecule has 1 N–H and O–H groups in total. The summed E-state index contributed by atoms with van der Waals surface area (Å²) >= 11 is 0. The molecule has 1 fully saturated rings. The molecule has 1 aliphatic heterocycles. The Morgan fingerprint density at radius 2 is 1.43 bits per heavy atom. The number of anilines is 1. The Morgan fingerprint density at radius 3 is 1.98 bits per heavy atom. The van der Waals surface area contributed by atoms with Gasteiger partial charge in [0.1, 0.15) is 18.0 Å². The average Bonchev–Trinajstić information content (AvgIpc) is 3.72. The van der Waals surface area contributed by atoms with Gasteiger partial charge in [0.15, 0.2) is 43.8 Å². The smallest absolute Gasteiger partial charge is 0.303 e. The van der Waals surface area contributed by atoms with Crippen molar-refractivity contribution in [1.29, 1.82) is 5.26 Å². The number of nitrogens with zero attached hydrogens (tertiary/aromatic N) is 5. The predicted molar refractivity (Wildman–Crippen MR) is 188 cm³/mol. The number of carbonyl (C=O) groups is 2. The molecule has 14 heteroatoms. The molecule has 1 aliphatic rings. The Balaban J connectivity index is 1.41. The number of ether oxygens (including phenoxy) is 3. The fourth-order valence-corrected chi connectivity index (χ4v) is 7.02. The summed E-state index contributed by atoms with van der Waals surface area (Å²) in [6, 6.07) is 32.3. The predicted octanol–water partition coefficient (Wildman–Crippen LogP) is 5.88. The van der Waals surface area contributed by atoms with E-state index in [-0.39, 0.29) is 19.6 Å². The second-order valence-corrected chi connectivity index (χ2v) is 13.1. The Labute approximate surface area is 296 Å². The first-order chi connectivity index (χ1) is 24.8. The molecule has 0 radical (unpaired) electrons. The summed E-state index contributed by atoms with van der Waals surface area (Å²) in [6.45, 7) is 4.46. The van der Waals surface area contributed by atoms with Gasteiger partial charge in [0.2, 0.25) is 0 Å². The molecule has 3 heterocycles. The van der Waals surface area contributed by atoms with Gasteiger partial charge in [-0.05, 0) is 16.7 Å². The largest absolute Gasteiger partial charge is 0.456 e. The van der Waals surface area contributed by atoms with Crippen LogP contribution >= 0.6 is 8.38 Å². The van der Waals surface area contributed by atoms with Crippen LogP contribution in [0.15, 0.2) is 104 Å². The van der Waals surface area contributed by atoms with Crippen molar-refractivity contribution in [2.24, 2.45) is 0 Å². The molecule has 3 aromatic carbocycles. The summed E-state index contributed by atoms with van der Waals surface area (Å²) in [7, 11) is -1.37. The first kappa shape index (κ1) is 35.6. The van der Waals surface area contributed by atoms with Gasteiger partial charge < -0.3 is 28.6 Å². The highest BCUT2D eigenvalue weighted by atomic mass is 31.2. The first-order valence-corrected chi connectivity index (χ1v) is 17.9. The molecule has 0 amide bonds. The second-order valence-electron chi connectivity index (χ2n) is 11.7. The SMILES string of the molecule is CC(=O)OC1[C@@H](COP(C)OCCC#N)O[C@@H](n2cnc3c(NC(c4ccccc4)(c4ccccc4)c4ccccc4)ncnc32)[C@H]1OC(C)=O. The lowest BCUT2D eigenvalue weighted by atomic mass is 9.77. The highest BCUT2D eigenvalue weighted by Crippen LogP contribution is 2.42. The zero-order chi connectivity index (χ0) is 35.8. The molecule has 5 aromatic rings. The summed E-state index contributed by atoms with van der Waals surface area (Å²) in [5.74, 6) is -0.733. The number of fused-ring (bicyclic) bond motifs is 1. The second kappa shape index (κ2) is 16.2. The van der Waals surface area contributed by atoms with E-state index in [0.717, 1.165) is 16.7 Å². The summed E-state index contributed by atoms with van der Waals surface area (Å²) in [5, 5.41) is 12.6. The normalized spacial score (nSPS) is 19.3. The minimum Gasteiger partial charge on any atom is -0.456 e. The van der Waals surface area contributed by atoms with Crippen LogP contribution in [-0.2, 0) is 38.4 Å². The lowest BCUT2D eigenvalue weighted by Crippen LogP contribution is -2.40. The van der Waals surface area contributed by atoms with Crippen molar-refractivity contribution in [2.45, 2.75) is 50.3 Å². The van der Waals surface area contributed by atoms with Crippen LogP contribution in [0.2, 0.25) is 0 Å². The van der Waals surface area contributed by atoms with Crippen LogP contribution in [0, 0.1) is 11.3 Å². The number of hydrogen-bond donors (Lipinski definition) is 1. The molecular formula is C37H37N6O7P. The molecule has 0 spiro atoms. The molecule has 5 atom stereocenters. The van der Waals surface area contributed by atoms with Crippen molar-refractivity contribution in [3.05, 3.63) is 120 Å². The molecule has 1 saturated heterocycles. The van der Waals surface area contributed by atoms with Gasteiger partial charge in [0.05, 0.1) is 32.0 Å². The lowest BCUT2D eigenvalue weighted by Gasteiger charge is -2.37. The Morgan fingerprint density at radius 1 is 0.863 bits per heavy atom. The fraction of sp³-hybridized carbons (Fsp3) is 0.297. The van der Waals surface area contributed by atoms with Crippen LogP contribution in [0.25, 0.3) is 11.2 Å². The molecule has 13 nitrogen and oxygen atoms in total. The third kappa shape index (κ3) is 7.75. The number of carbonyl (C=O) groups excluding carboxylic acids is 2. The maximum atomic E-state index is 12.4. The van der Waals surface area contributed by atoms with Gasteiger partial charge in [0, 0.05) is 20.5 Å². The van der Waals surface area contributed by atoms with Gasteiger partial charge in [-0.1, -0.05) is 91.0 Å². The third-order valence-electron chi connectivity index (χ3n) is 8.36. The van der Waals surface area contributed by atoms with E-state index in [9.17, 15) is 9.59 Å². The summed E-state index contributed by atoms with van der Waals surface area (Å²) in [5.41, 5.74) is 2.85. The summed E-state index contributed by atoms with van der Waals surface area (Å²) < 4.78 is 31.0. The van der Waals surface area contributed by atoms with E-state index in [1.165, 1.54) is 26.5 Å². The van der Waals surface area contributed by atoms with Crippen molar-refractivity contribution in [3.63, 3.8) is 0 Å². The third-order valence-corrected chi connectivity index (χ3v) is 9.42. The molecule has 0 bridgehead atoms. The maximum absolute atomic E-state index is 12.4. The minimum absolute atomic E-state index is 0.0386. The quantitative estimate of drug-likeness (QED) is 0.0633. The van der Waals surface area contributed by atoms with E-state index in [2.05, 4.69) is 51.7 Å². The average molecular weight is 709 g/mol. The fourth-order valence-electron chi connectivity index (χ4n) is 6.24. The number of rotatable bonds is 14. The minimum atomic E-state index is -1.37. The maximum Gasteiger partial charge on any atom is 0.303 e. The number of benzene rings is 3. The number of hydrogen-bond acceptors (Lipinski definition) is 12. The van der Waals surface area contributed by atoms with Crippen molar-refractivity contribution in [2.75, 3.05) is 25.2 Å². The zero-order valence-corrected chi connectivity index (χ0v) is 29.2. The molecule has 262 valence electrons. The highest BCUT2D eigenvalue weighted by molar-refractivity contribution is 7.46. The van der Waals surface area contributed by atoms with Gasteiger partial charge in [-0.3, -0.25) is 14.2 Å². The number of nitrogens with one attached hydrogen (secondary N) is 1. The molecule has 2 unspecified atom stereocenters. The van der Waals surface area contributed by atoms with Crippen LogP contribution in [0.3, 0.4) is 0 Å². The van der Waals surface area contributed by atoms with Crippen LogP contribution in [-0.4, -0.2) is 69.6 Å². The molecule has 0 aliphatic carbocycles. The molecule has 51 heavy (non-hydrogen) atoms. The van der Waals surface area contributed by atoms with E-state index in [1.54, 1.807) is 11.2 Å².